The number of thioether (sulfide) groups is 1. The van der Waals surface area contributed by atoms with Gasteiger partial charge in [0.25, 0.3) is 0 Å². The van der Waals surface area contributed by atoms with Crippen LogP contribution in [0.4, 0.5) is 5.69 Å². The van der Waals surface area contributed by atoms with Gasteiger partial charge in [0, 0.05) is 23.7 Å². The molecule has 1 N–H and O–H groups in total. The molecule has 0 saturated carbocycles. The van der Waals surface area contributed by atoms with Gasteiger partial charge in [-0.2, -0.15) is 4.31 Å². The molecule has 1 heterocycles. The van der Waals surface area contributed by atoms with Crippen LogP contribution in [-0.2, 0) is 14.8 Å². The number of anilines is 1. The molecule has 166 valence electrons. The highest BCUT2D eigenvalue weighted by atomic mass is 32.2. The summed E-state index contributed by atoms with van der Waals surface area (Å²) in [5.74, 6) is -0.156. The molecule has 0 aromatic heterocycles. The second-order valence-electron chi connectivity index (χ2n) is 7.70. The zero-order valence-electron chi connectivity index (χ0n) is 17.7. The molecule has 5 nitrogen and oxygen atoms in total. The summed E-state index contributed by atoms with van der Waals surface area (Å²) in [4.78, 5) is 14.4. The maximum absolute atomic E-state index is 13.2. The van der Waals surface area contributed by atoms with Gasteiger partial charge in [-0.05, 0) is 54.8 Å². The summed E-state index contributed by atoms with van der Waals surface area (Å²) in [7, 11) is -3.49. The smallest absolute Gasteiger partial charge is 0.243 e. The fourth-order valence-electron chi connectivity index (χ4n) is 3.71. The fourth-order valence-corrected chi connectivity index (χ4v) is 6.27. The van der Waals surface area contributed by atoms with Crippen LogP contribution in [0.5, 0.6) is 0 Å². The van der Waals surface area contributed by atoms with Crippen molar-refractivity contribution in [3.8, 4) is 0 Å². The number of benzene rings is 3. The molecule has 1 aliphatic heterocycles. The Balaban J connectivity index is 1.50. The summed E-state index contributed by atoms with van der Waals surface area (Å²) in [6.07, 6.45) is 2.86. The molecule has 7 heteroatoms. The van der Waals surface area contributed by atoms with E-state index in [2.05, 4.69) is 5.32 Å². The van der Waals surface area contributed by atoms with Gasteiger partial charge < -0.3 is 5.32 Å². The molecule has 1 unspecified atom stereocenters. The molecule has 4 rings (SSSR count). The Kier molecular flexibility index (Phi) is 7.29. The van der Waals surface area contributed by atoms with Crippen molar-refractivity contribution >= 4 is 33.4 Å². The molecule has 1 saturated heterocycles. The van der Waals surface area contributed by atoms with Crippen molar-refractivity contribution in [3.63, 3.8) is 0 Å². The van der Waals surface area contributed by atoms with Crippen LogP contribution in [0.2, 0.25) is 0 Å². The highest BCUT2D eigenvalue weighted by Crippen LogP contribution is 2.36. The van der Waals surface area contributed by atoms with Crippen molar-refractivity contribution in [1.29, 1.82) is 0 Å². The first-order valence-corrected chi connectivity index (χ1v) is 13.0. The molecule has 3 aromatic carbocycles. The first-order valence-electron chi connectivity index (χ1n) is 10.7. The third kappa shape index (κ3) is 5.41. The van der Waals surface area contributed by atoms with E-state index >= 15 is 0 Å². The molecule has 1 atom stereocenters. The van der Waals surface area contributed by atoms with E-state index in [1.165, 1.54) is 11.8 Å². The lowest BCUT2D eigenvalue weighted by atomic mass is 10.1. The van der Waals surface area contributed by atoms with Crippen LogP contribution in [0, 0.1) is 0 Å². The average Bonchev–Trinajstić information content (AvgIpc) is 2.84. The van der Waals surface area contributed by atoms with Crippen molar-refractivity contribution < 1.29 is 13.2 Å². The van der Waals surface area contributed by atoms with Crippen LogP contribution in [0.3, 0.4) is 0 Å². The second-order valence-corrected chi connectivity index (χ2v) is 10.8. The standard InChI is InChI=1S/C25H26N2O3S2/c28-25(24(20-10-4-1-5-11-20)31-22-12-6-2-7-13-22)26-21-14-16-23(17-15-21)32(29,30)27-18-8-3-9-19-27/h1-2,4-7,10-17,24H,3,8-9,18-19H2,(H,26,28). The van der Waals surface area contributed by atoms with Gasteiger partial charge in [-0.3, -0.25) is 4.79 Å². The van der Waals surface area contributed by atoms with E-state index in [1.54, 1.807) is 28.6 Å². The maximum Gasteiger partial charge on any atom is 0.243 e. The van der Waals surface area contributed by atoms with E-state index in [-0.39, 0.29) is 10.8 Å². The number of carbonyl (C=O) groups is 1. The average molecular weight is 467 g/mol. The molecule has 0 aliphatic carbocycles. The molecule has 0 bridgehead atoms. The van der Waals surface area contributed by atoms with Crippen molar-refractivity contribution in [2.24, 2.45) is 0 Å². The lowest BCUT2D eigenvalue weighted by Crippen LogP contribution is -2.35. The minimum atomic E-state index is -3.49. The number of hydrogen-bond donors (Lipinski definition) is 1. The van der Waals surface area contributed by atoms with E-state index in [0.717, 1.165) is 29.7 Å². The van der Waals surface area contributed by atoms with Crippen LogP contribution in [0.15, 0.2) is 94.7 Å². The normalized spacial score (nSPS) is 15.8. The van der Waals surface area contributed by atoms with Gasteiger partial charge in [0.2, 0.25) is 15.9 Å². The lowest BCUT2D eigenvalue weighted by Gasteiger charge is -2.26. The summed E-state index contributed by atoms with van der Waals surface area (Å²) in [5, 5.41) is 2.52. The van der Waals surface area contributed by atoms with Crippen molar-refractivity contribution in [2.75, 3.05) is 18.4 Å². The van der Waals surface area contributed by atoms with Crippen molar-refractivity contribution in [2.45, 2.75) is 34.3 Å². The zero-order chi connectivity index (χ0) is 22.4. The number of amides is 1. The number of piperidine rings is 1. The minimum absolute atomic E-state index is 0.156. The number of nitrogens with one attached hydrogen (secondary N) is 1. The first-order chi connectivity index (χ1) is 15.5. The highest BCUT2D eigenvalue weighted by Gasteiger charge is 2.26. The van der Waals surface area contributed by atoms with E-state index < -0.39 is 15.3 Å². The van der Waals surface area contributed by atoms with Gasteiger partial charge in [0.1, 0.15) is 5.25 Å². The van der Waals surface area contributed by atoms with Gasteiger partial charge in [0.05, 0.1) is 4.90 Å². The van der Waals surface area contributed by atoms with Crippen LogP contribution in [-0.4, -0.2) is 31.7 Å². The highest BCUT2D eigenvalue weighted by molar-refractivity contribution is 8.00. The molecule has 3 aromatic rings. The van der Waals surface area contributed by atoms with Gasteiger partial charge in [-0.25, -0.2) is 8.42 Å². The summed E-state index contributed by atoms with van der Waals surface area (Å²) in [5.41, 5.74) is 1.48. The van der Waals surface area contributed by atoms with Crippen molar-refractivity contribution in [1.82, 2.24) is 4.31 Å². The molecular weight excluding hydrogens is 440 g/mol. The SMILES string of the molecule is O=C(Nc1ccc(S(=O)(=O)N2CCCCC2)cc1)C(Sc1ccccc1)c1ccccc1. The van der Waals surface area contributed by atoms with Gasteiger partial charge in [-0.1, -0.05) is 55.0 Å². The largest absolute Gasteiger partial charge is 0.325 e. The number of rotatable bonds is 7. The molecule has 0 radical (unpaired) electrons. The predicted molar refractivity (Wildman–Crippen MR) is 129 cm³/mol. The van der Waals surface area contributed by atoms with E-state index in [1.807, 2.05) is 60.7 Å². The number of nitrogens with zero attached hydrogens (tertiary/aromatic N) is 1. The summed E-state index contributed by atoms with van der Waals surface area (Å²) >= 11 is 1.48. The molecule has 0 spiro atoms. The number of carbonyl (C=O) groups excluding carboxylic acids is 1. The van der Waals surface area contributed by atoms with Gasteiger partial charge >= 0.3 is 0 Å². The fraction of sp³-hybridized carbons (Fsp3) is 0.240. The monoisotopic (exact) mass is 466 g/mol. The molecule has 1 aliphatic rings. The molecular formula is C25H26N2O3S2. The van der Waals surface area contributed by atoms with Crippen molar-refractivity contribution in [3.05, 3.63) is 90.5 Å². The van der Waals surface area contributed by atoms with E-state index in [4.69, 9.17) is 0 Å². The van der Waals surface area contributed by atoms with Crippen LogP contribution in [0.1, 0.15) is 30.1 Å². The topological polar surface area (TPSA) is 66.5 Å². The zero-order valence-corrected chi connectivity index (χ0v) is 19.3. The molecule has 1 amide bonds. The minimum Gasteiger partial charge on any atom is -0.325 e. The third-order valence-electron chi connectivity index (χ3n) is 5.41. The van der Waals surface area contributed by atoms with E-state index in [0.29, 0.717) is 18.8 Å². The lowest BCUT2D eigenvalue weighted by molar-refractivity contribution is -0.115. The Bertz CT molecular complexity index is 1130. The second kappa shape index (κ2) is 10.3. The Morgan fingerprint density at radius 3 is 2.03 bits per heavy atom. The molecule has 32 heavy (non-hydrogen) atoms. The Morgan fingerprint density at radius 2 is 1.41 bits per heavy atom. The Morgan fingerprint density at radius 1 is 0.812 bits per heavy atom. The number of sulfonamides is 1. The maximum atomic E-state index is 13.2. The van der Waals surface area contributed by atoms with E-state index in [9.17, 15) is 13.2 Å². The Labute approximate surface area is 193 Å². The summed E-state index contributed by atoms with van der Waals surface area (Å²) in [6.45, 7) is 1.13. The predicted octanol–water partition coefficient (Wildman–Crippen LogP) is 5.33. The molecule has 1 fully saturated rings. The third-order valence-corrected chi connectivity index (χ3v) is 8.59. The first kappa shape index (κ1) is 22.6. The quantitative estimate of drug-likeness (QED) is 0.478. The summed E-state index contributed by atoms with van der Waals surface area (Å²) < 4.78 is 27.3. The van der Waals surface area contributed by atoms with Gasteiger partial charge in [-0.15, -0.1) is 11.8 Å². The Hall–Kier alpha value is -2.61. The van der Waals surface area contributed by atoms with Crippen LogP contribution >= 0.6 is 11.8 Å². The summed E-state index contributed by atoms with van der Waals surface area (Å²) in [6, 6.07) is 25.9. The van der Waals surface area contributed by atoms with Crippen LogP contribution < -0.4 is 5.32 Å². The number of hydrogen-bond acceptors (Lipinski definition) is 4. The van der Waals surface area contributed by atoms with Gasteiger partial charge in [0.15, 0.2) is 0 Å². The van der Waals surface area contributed by atoms with Crippen LogP contribution in [0.25, 0.3) is 0 Å².